The van der Waals surface area contributed by atoms with Crippen molar-refractivity contribution in [1.29, 1.82) is 0 Å². The van der Waals surface area contributed by atoms with E-state index in [9.17, 15) is 0 Å². The van der Waals surface area contributed by atoms with Crippen molar-refractivity contribution in [2.75, 3.05) is 0 Å². The first-order valence-corrected chi connectivity index (χ1v) is 15.2. The van der Waals surface area contributed by atoms with E-state index in [1.54, 1.807) is 0 Å². The van der Waals surface area contributed by atoms with Crippen LogP contribution in [0.5, 0.6) is 0 Å². The zero-order valence-corrected chi connectivity index (χ0v) is 14.0. The third kappa shape index (κ3) is 158. The van der Waals surface area contributed by atoms with E-state index in [-0.39, 0.29) is 0 Å². The van der Waals surface area contributed by atoms with Crippen LogP contribution in [0.3, 0.4) is 0 Å². The second-order valence-electron chi connectivity index (χ2n) is 1.34. The Labute approximate surface area is 118 Å². The minimum absolute atomic E-state index is 2.50. The SMILES string of the molecule is Cl[P+](Cl)(Cl)Cl.Cl[P-](Cl)(Cl)(Cl)(Cl)Cl. The Hall–Kier alpha value is 3.76. The normalized spacial score (nSPS) is 18.5. The van der Waals surface area contributed by atoms with E-state index in [4.69, 9.17) is 112 Å². The summed E-state index contributed by atoms with van der Waals surface area (Å²) in [5, 5.41) is 0. The van der Waals surface area contributed by atoms with Crippen molar-refractivity contribution in [3.8, 4) is 0 Å². The van der Waals surface area contributed by atoms with Crippen LogP contribution in [-0.4, -0.2) is 0 Å². The van der Waals surface area contributed by atoms with Crippen molar-refractivity contribution in [3.63, 3.8) is 0 Å². The molecule has 0 nitrogen and oxygen atoms in total. The van der Waals surface area contributed by atoms with Crippen molar-refractivity contribution >= 4 is 119 Å². The van der Waals surface area contributed by atoms with Crippen LogP contribution < -0.4 is 0 Å². The Kier molecular flexibility index (Phi) is 6.89. The van der Waals surface area contributed by atoms with Gasteiger partial charge >= 0.3 is 74.2 Å². The molecule has 0 spiro atoms. The summed E-state index contributed by atoms with van der Waals surface area (Å²) in [4.78, 5) is 0. The van der Waals surface area contributed by atoms with E-state index < -0.39 is 6.73 Å². The van der Waals surface area contributed by atoms with E-state index in [2.05, 4.69) is 0 Å². The summed E-state index contributed by atoms with van der Waals surface area (Å²) in [6.07, 6.45) is 0. The van der Waals surface area contributed by atoms with Gasteiger partial charge in [-0.2, -0.15) is 0 Å². The van der Waals surface area contributed by atoms with Crippen LogP contribution in [0.4, 0.5) is 0 Å². The Bertz CT molecular complexity index is 118. The molecule has 0 saturated heterocycles. The fourth-order valence-corrected chi connectivity index (χ4v) is 0. The molecule has 0 radical (unpaired) electrons. The molecule has 12 heteroatoms. The molecule has 0 atom stereocenters. The average molecular weight is 416 g/mol. The minimum atomic E-state index is -4.82. The van der Waals surface area contributed by atoms with Crippen LogP contribution in [-0.2, 0) is 0 Å². The van der Waals surface area contributed by atoms with Gasteiger partial charge in [0.25, 0.3) is 0 Å². The molecule has 0 fully saturated rings. The van der Waals surface area contributed by atoms with Gasteiger partial charge in [-0.1, -0.05) is 0 Å². The quantitative estimate of drug-likeness (QED) is 0.347. The Balaban J connectivity index is 0. The molecule has 0 aliphatic rings. The summed E-state index contributed by atoms with van der Waals surface area (Å²) in [6, 6.07) is 0. The molecule has 0 rings (SSSR count). The fraction of sp³-hybridized carbons (Fsp3) is 0. The summed E-state index contributed by atoms with van der Waals surface area (Å²) < 4.78 is -7.32. The molecular formula is Cl10P2. The molecule has 0 aliphatic heterocycles. The van der Waals surface area contributed by atoms with E-state index >= 15 is 0 Å². The standard InChI is InChI=1S/Cl6P.Cl4P/c1-7(2,3,4,5)6;1-5(2,3)4/q-1;+1. The third-order valence-corrected chi connectivity index (χ3v) is 0. The van der Waals surface area contributed by atoms with Crippen molar-refractivity contribution in [2.45, 2.75) is 0 Å². The first kappa shape index (κ1) is 18.1. The second-order valence-corrected chi connectivity index (χ2v) is 36.2. The first-order valence-electron chi connectivity index (χ1n) is 1.69. The molecule has 0 aromatic carbocycles. The Morgan fingerprint density at radius 1 is 0.583 bits per heavy atom. The molecule has 0 unspecified atom stereocenters. The number of halogens is 10. The van der Waals surface area contributed by atoms with Gasteiger partial charge in [0.05, 0.1) is 0 Å². The van der Waals surface area contributed by atoms with Crippen molar-refractivity contribution in [1.82, 2.24) is 0 Å². The van der Waals surface area contributed by atoms with Gasteiger partial charge in [0.15, 0.2) is 0 Å². The molecule has 0 aromatic heterocycles. The van der Waals surface area contributed by atoms with Crippen LogP contribution in [0.2, 0.25) is 0 Å². The van der Waals surface area contributed by atoms with Gasteiger partial charge in [-0.05, 0) is 0 Å². The molecule has 0 saturated carbocycles. The summed E-state index contributed by atoms with van der Waals surface area (Å²) in [6.45, 7) is 0. The molecule has 0 aromatic rings. The van der Waals surface area contributed by atoms with Crippen molar-refractivity contribution in [3.05, 3.63) is 0 Å². The van der Waals surface area contributed by atoms with Crippen LogP contribution >= 0.6 is 119 Å². The first-order chi connectivity index (χ1) is 4.45. The molecule has 12 heavy (non-hydrogen) atoms. The average Bonchev–Trinajstić information content (AvgIpc) is 1.04. The van der Waals surface area contributed by atoms with Crippen LogP contribution in [0.1, 0.15) is 0 Å². The molecule has 0 bridgehead atoms. The zero-order chi connectivity index (χ0) is 10.9. The molecule has 80 valence electrons. The maximum atomic E-state index is 5.00. The number of rotatable bonds is 0. The predicted molar refractivity (Wildman–Crippen MR) is 72.4 cm³/mol. The summed E-state index contributed by atoms with van der Waals surface area (Å²) >= 11 is 49.8. The summed E-state index contributed by atoms with van der Waals surface area (Å²) in [7, 11) is 0. The van der Waals surface area contributed by atoms with Crippen LogP contribution in [0, 0.1) is 0 Å². The van der Waals surface area contributed by atoms with Gasteiger partial charge in [0.2, 0.25) is 0 Å². The predicted octanol–water partition coefficient (Wildman–Crippen LogP) is 8.62. The second kappa shape index (κ2) is 4.56. The molecule has 0 aliphatic carbocycles. The van der Waals surface area contributed by atoms with Crippen molar-refractivity contribution < 1.29 is 0 Å². The summed E-state index contributed by atoms with van der Waals surface area (Å²) in [5.74, 6) is 0. The maximum absolute atomic E-state index is 5.00. The van der Waals surface area contributed by atoms with E-state index in [0.29, 0.717) is 0 Å². The van der Waals surface area contributed by atoms with Gasteiger partial charge in [-0.3, -0.25) is 0 Å². The Morgan fingerprint density at radius 2 is 0.583 bits per heavy atom. The van der Waals surface area contributed by atoms with E-state index in [1.807, 2.05) is 0 Å². The van der Waals surface area contributed by atoms with Crippen molar-refractivity contribution in [2.24, 2.45) is 0 Å². The number of hydrogen-bond acceptors (Lipinski definition) is 0. The fourth-order valence-electron chi connectivity index (χ4n) is 0. The van der Waals surface area contributed by atoms with Gasteiger partial charge in [0.1, 0.15) is 45.0 Å². The zero-order valence-electron chi connectivity index (χ0n) is 4.67. The Morgan fingerprint density at radius 3 is 0.583 bits per heavy atom. The topological polar surface area (TPSA) is 0 Å². The monoisotopic (exact) mass is 412 g/mol. The molecule has 0 heterocycles. The summed E-state index contributed by atoms with van der Waals surface area (Å²) in [5.41, 5.74) is 0. The van der Waals surface area contributed by atoms with E-state index in [1.165, 1.54) is 0 Å². The number of hydrogen-bond donors (Lipinski definition) is 0. The van der Waals surface area contributed by atoms with Gasteiger partial charge in [0, 0.05) is 0 Å². The van der Waals surface area contributed by atoms with Gasteiger partial charge in [-0.15, -0.1) is 0 Å². The van der Waals surface area contributed by atoms with Gasteiger partial charge in [-0.25, -0.2) is 0 Å². The third-order valence-electron chi connectivity index (χ3n) is 0. The molecular weight excluding hydrogens is 416 g/mol. The van der Waals surface area contributed by atoms with Crippen LogP contribution in [0.25, 0.3) is 0 Å². The molecule has 0 amide bonds. The van der Waals surface area contributed by atoms with Crippen LogP contribution in [0.15, 0.2) is 0 Å². The van der Waals surface area contributed by atoms with E-state index in [0.717, 1.165) is 0 Å². The van der Waals surface area contributed by atoms with Gasteiger partial charge < -0.3 is 0 Å². The molecule has 0 N–H and O–H groups in total.